The van der Waals surface area contributed by atoms with Crippen molar-refractivity contribution < 1.29 is 4.79 Å². The molecule has 0 saturated carbocycles. The second kappa shape index (κ2) is 5.65. The van der Waals surface area contributed by atoms with Crippen LogP contribution in [0.3, 0.4) is 0 Å². The summed E-state index contributed by atoms with van der Waals surface area (Å²) in [5, 5.41) is 3.39. The Morgan fingerprint density at radius 2 is 2.24 bits per heavy atom. The van der Waals surface area contributed by atoms with Crippen LogP contribution in [0.25, 0.3) is 0 Å². The lowest BCUT2D eigenvalue weighted by Gasteiger charge is -2.33. The Bertz CT molecular complexity index is 552. The molecule has 114 valence electrons. The van der Waals surface area contributed by atoms with Crippen LogP contribution in [0.4, 0.5) is 0 Å². The highest BCUT2D eigenvalue weighted by Gasteiger charge is 2.39. The molecule has 2 saturated heterocycles. The van der Waals surface area contributed by atoms with Crippen molar-refractivity contribution in [2.75, 3.05) is 18.8 Å². The van der Waals surface area contributed by atoms with E-state index in [9.17, 15) is 4.79 Å². The summed E-state index contributed by atoms with van der Waals surface area (Å²) in [6, 6.07) is 6.50. The van der Waals surface area contributed by atoms with E-state index in [2.05, 4.69) is 49.2 Å². The summed E-state index contributed by atoms with van der Waals surface area (Å²) < 4.78 is 0.221. The van der Waals surface area contributed by atoms with Gasteiger partial charge >= 0.3 is 0 Å². The third-order valence-corrected chi connectivity index (χ3v) is 6.13. The summed E-state index contributed by atoms with van der Waals surface area (Å²) in [7, 11) is 0. The quantitative estimate of drug-likeness (QED) is 0.931. The molecule has 0 aliphatic carbocycles. The molecule has 0 bridgehead atoms. The van der Waals surface area contributed by atoms with Crippen molar-refractivity contribution in [3.8, 4) is 0 Å². The largest absolute Gasteiger partial charge is 0.320 e. The summed E-state index contributed by atoms with van der Waals surface area (Å²) in [6.45, 7) is 7.85. The number of thioether (sulfide) groups is 1. The van der Waals surface area contributed by atoms with Crippen LogP contribution in [0.15, 0.2) is 18.2 Å². The zero-order valence-corrected chi connectivity index (χ0v) is 13.9. The predicted octanol–water partition coefficient (Wildman–Crippen LogP) is 3.02. The maximum Gasteiger partial charge on any atom is 0.238 e. The summed E-state index contributed by atoms with van der Waals surface area (Å²) in [5.74, 6) is 1.45. The molecule has 0 spiro atoms. The van der Waals surface area contributed by atoms with Crippen molar-refractivity contribution in [3.05, 3.63) is 34.9 Å². The first-order valence-electron chi connectivity index (χ1n) is 7.72. The number of nitrogens with zero attached hydrogens (tertiary/aromatic N) is 1. The highest BCUT2D eigenvalue weighted by atomic mass is 32.2. The first-order valence-corrected chi connectivity index (χ1v) is 8.71. The highest BCUT2D eigenvalue weighted by Crippen LogP contribution is 2.40. The van der Waals surface area contributed by atoms with Crippen LogP contribution in [0.5, 0.6) is 0 Å². The van der Waals surface area contributed by atoms with Crippen molar-refractivity contribution in [2.24, 2.45) is 0 Å². The van der Waals surface area contributed by atoms with E-state index in [1.165, 1.54) is 35.3 Å². The maximum absolute atomic E-state index is 12.3. The van der Waals surface area contributed by atoms with Crippen LogP contribution < -0.4 is 5.32 Å². The van der Waals surface area contributed by atoms with Gasteiger partial charge in [0.1, 0.15) is 6.17 Å². The molecule has 0 aromatic heterocycles. The van der Waals surface area contributed by atoms with Crippen LogP contribution in [-0.2, 0) is 4.79 Å². The molecule has 1 N–H and O–H groups in total. The summed E-state index contributed by atoms with van der Waals surface area (Å²) in [5.41, 5.74) is 3.76. The van der Waals surface area contributed by atoms with Gasteiger partial charge in [-0.2, -0.15) is 11.8 Å². The Balaban J connectivity index is 1.85. The molecule has 21 heavy (non-hydrogen) atoms. The first kappa shape index (κ1) is 14.9. The van der Waals surface area contributed by atoms with E-state index in [-0.39, 0.29) is 16.8 Å². The number of nitrogens with one attached hydrogen (secondary N) is 1. The molecular weight excluding hydrogens is 280 g/mol. The third-order valence-electron chi connectivity index (χ3n) is 4.60. The fraction of sp³-hybridized carbons (Fsp3) is 0.588. The van der Waals surface area contributed by atoms with Crippen LogP contribution in [0.1, 0.15) is 42.6 Å². The van der Waals surface area contributed by atoms with Gasteiger partial charge in [0, 0.05) is 11.3 Å². The molecule has 2 heterocycles. The van der Waals surface area contributed by atoms with Gasteiger partial charge < -0.3 is 4.90 Å². The molecule has 2 unspecified atom stereocenters. The lowest BCUT2D eigenvalue weighted by atomic mass is 10.0. The normalized spacial score (nSPS) is 29.4. The third kappa shape index (κ3) is 2.97. The van der Waals surface area contributed by atoms with Crippen molar-refractivity contribution in [3.63, 3.8) is 0 Å². The molecule has 0 radical (unpaired) electrons. The second-order valence-electron chi connectivity index (χ2n) is 6.57. The average Bonchev–Trinajstić information content (AvgIpc) is 2.99. The number of hydrogen-bond acceptors (Lipinski definition) is 3. The number of aryl methyl sites for hydroxylation is 2. The van der Waals surface area contributed by atoms with Gasteiger partial charge in [-0.05, 0) is 50.5 Å². The van der Waals surface area contributed by atoms with Gasteiger partial charge in [0.25, 0.3) is 0 Å². The maximum atomic E-state index is 12.3. The molecule has 2 aliphatic rings. The summed E-state index contributed by atoms with van der Waals surface area (Å²) in [4.78, 5) is 14.4. The van der Waals surface area contributed by atoms with Crippen molar-refractivity contribution in [1.82, 2.24) is 10.2 Å². The fourth-order valence-corrected chi connectivity index (χ4v) is 4.75. The van der Waals surface area contributed by atoms with E-state index in [1.807, 2.05) is 11.8 Å². The van der Waals surface area contributed by atoms with E-state index in [0.717, 1.165) is 6.54 Å². The van der Waals surface area contributed by atoms with Gasteiger partial charge in [0.15, 0.2) is 0 Å². The standard InChI is InChI=1S/C17H24N2OS/c1-12-5-6-14(13(2)9-12)16-18-10-15(20)19(16)11-17(3)7-4-8-21-17/h5-6,9,16,18H,4,7-8,10-11H2,1-3H3. The molecule has 1 aromatic carbocycles. The molecule has 2 atom stereocenters. The Kier molecular flexibility index (Phi) is 4.02. The number of rotatable bonds is 3. The first-order chi connectivity index (χ1) is 9.98. The number of benzene rings is 1. The monoisotopic (exact) mass is 304 g/mol. The number of hydrogen-bond donors (Lipinski definition) is 1. The van der Waals surface area contributed by atoms with Crippen LogP contribution in [0, 0.1) is 13.8 Å². The van der Waals surface area contributed by atoms with Crippen LogP contribution in [0.2, 0.25) is 0 Å². The lowest BCUT2D eigenvalue weighted by molar-refractivity contribution is -0.128. The molecule has 2 fully saturated rings. The van der Waals surface area contributed by atoms with E-state index >= 15 is 0 Å². The molecule has 3 rings (SSSR count). The average molecular weight is 304 g/mol. The minimum atomic E-state index is 0.0381. The second-order valence-corrected chi connectivity index (χ2v) is 8.25. The minimum Gasteiger partial charge on any atom is -0.320 e. The van der Waals surface area contributed by atoms with Crippen LogP contribution >= 0.6 is 11.8 Å². The summed E-state index contributed by atoms with van der Waals surface area (Å²) >= 11 is 2.02. The Morgan fingerprint density at radius 1 is 1.43 bits per heavy atom. The molecular formula is C17H24N2OS. The summed E-state index contributed by atoms with van der Waals surface area (Å²) in [6.07, 6.45) is 2.52. The van der Waals surface area contributed by atoms with Crippen molar-refractivity contribution in [2.45, 2.75) is 44.5 Å². The van der Waals surface area contributed by atoms with Gasteiger partial charge in [-0.15, -0.1) is 0 Å². The van der Waals surface area contributed by atoms with Crippen molar-refractivity contribution >= 4 is 17.7 Å². The number of carbonyl (C=O) groups is 1. The SMILES string of the molecule is Cc1ccc(C2NCC(=O)N2CC2(C)CCCS2)c(C)c1. The Hall–Kier alpha value is -1.00. The Morgan fingerprint density at radius 3 is 2.90 bits per heavy atom. The van der Waals surface area contributed by atoms with Gasteiger partial charge in [0.2, 0.25) is 5.91 Å². The lowest BCUT2D eigenvalue weighted by Crippen LogP contribution is -2.40. The molecule has 4 heteroatoms. The molecule has 2 aliphatic heterocycles. The van der Waals surface area contributed by atoms with E-state index in [4.69, 9.17) is 0 Å². The zero-order valence-electron chi connectivity index (χ0n) is 13.1. The molecule has 1 amide bonds. The minimum absolute atomic E-state index is 0.0381. The van der Waals surface area contributed by atoms with E-state index in [0.29, 0.717) is 6.54 Å². The molecule has 3 nitrogen and oxygen atoms in total. The Labute approximate surface area is 131 Å². The fourth-order valence-electron chi connectivity index (χ4n) is 3.45. The molecule has 1 aromatic rings. The zero-order chi connectivity index (χ0) is 15.0. The smallest absolute Gasteiger partial charge is 0.238 e. The van der Waals surface area contributed by atoms with Crippen LogP contribution in [-0.4, -0.2) is 34.4 Å². The number of amides is 1. The topological polar surface area (TPSA) is 32.3 Å². The van der Waals surface area contributed by atoms with Gasteiger partial charge in [-0.25, -0.2) is 0 Å². The van der Waals surface area contributed by atoms with Gasteiger partial charge in [-0.3, -0.25) is 10.1 Å². The predicted molar refractivity (Wildman–Crippen MR) is 88.5 cm³/mol. The highest BCUT2D eigenvalue weighted by molar-refractivity contribution is 8.00. The van der Waals surface area contributed by atoms with E-state index < -0.39 is 0 Å². The number of carbonyl (C=O) groups excluding carboxylic acids is 1. The van der Waals surface area contributed by atoms with Gasteiger partial charge in [-0.1, -0.05) is 23.8 Å². The van der Waals surface area contributed by atoms with E-state index in [1.54, 1.807) is 0 Å². The van der Waals surface area contributed by atoms with Gasteiger partial charge in [0.05, 0.1) is 6.54 Å². The van der Waals surface area contributed by atoms with Crippen molar-refractivity contribution in [1.29, 1.82) is 0 Å².